The lowest BCUT2D eigenvalue weighted by molar-refractivity contribution is -0.139. The van der Waals surface area contributed by atoms with Crippen molar-refractivity contribution in [1.82, 2.24) is 10.6 Å². The minimum Gasteiger partial charge on any atom is -0.480 e. The summed E-state index contributed by atoms with van der Waals surface area (Å²) in [5, 5.41) is 13.3. The van der Waals surface area contributed by atoms with Crippen LogP contribution >= 0.6 is 0 Å². The van der Waals surface area contributed by atoms with Gasteiger partial charge in [-0.15, -0.1) is 0 Å². The molecular weight excluding hydrogens is 324 g/mol. The van der Waals surface area contributed by atoms with Gasteiger partial charge in [-0.25, -0.2) is 26.4 Å². The van der Waals surface area contributed by atoms with E-state index in [4.69, 9.17) is 5.11 Å². The van der Waals surface area contributed by atoms with Gasteiger partial charge in [0.15, 0.2) is 0 Å². The van der Waals surface area contributed by atoms with Gasteiger partial charge in [-0.2, -0.15) is 0 Å². The lowest BCUT2D eigenvalue weighted by Gasteiger charge is -2.17. The SMILES string of the molecule is CC(CS(C)(=O)=O)NC(=O)NC(CCS(C)(=O)=O)C(=O)O. The normalized spacial score (nSPS) is 15.0. The fraction of sp³-hybridized carbons (Fsp3) is 0.800. The fourth-order valence-corrected chi connectivity index (χ4v) is 3.16. The summed E-state index contributed by atoms with van der Waals surface area (Å²) in [7, 11) is -6.63. The Labute approximate surface area is 123 Å². The smallest absolute Gasteiger partial charge is 0.326 e. The molecule has 0 radical (unpaired) electrons. The number of carboxylic acid groups (broad SMARTS) is 1. The topological polar surface area (TPSA) is 147 Å². The summed E-state index contributed by atoms with van der Waals surface area (Å²) in [4.78, 5) is 22.5. The van der Waals surface area contributed by atoms with Gasteiger partial charge in [0.1, 0.15) is 25.7 Å². The number of hydrogen-bond acceptors (Lipinski definition) is 6. The Morgan fingerprint density at radius 3 is 1.95 bits per heavy atom. The average Bonchev–Trinajstić information content (AvgIpc) is 2.19. The zero-order chi connectivity index (χ0) is 16.8. The standard InChI is InChI=1S/C10H20N2O7S2/c1-7(6-21(3,18)19)11-10(15)12-8(9(13)14)4-5-20(2,16)17/h7-8H,4-6H2,1-3H3,(H,13,14)(H2,11,12,15). The first-order chi connectivity index (χ1) is 9.30. The molecule has 0 saturated carbocycles. The second-order valence-electron chi connectivity index (χ2n) is 4.92. The Kier molecular flexibility index (Phi) is 7.10. The molecule has 9 nitrogen and oxygen atoms in total. The average molecular weight is 344 g/mol. The number of hydrogen-bond donors (Lipinski definition) is 3. The maximum Gasteiger partial charge on any atom is 0.326 e. The van der Waals surface area contributed by atoms with E-state index in [1.807, 2.05) is 0 Å². The van der Waals surface area contributed by atoms with Crippen LogP contribution in [-0.2, 0) is 24.5 Å². The summed E-state index contributed by atoms with van der Waals surface area (Å²) >= 11 is 0. The summed E-state index contributed by atoms with van der Waals surface area (Å²) in [6.07, 6.45) is 1.69. The van der Waals surface area contributed by atoms with E-state index in [2.05, 4.69) is 10.6 Å². The molecule has 3 N–H and O–H groups in total. The van der Waals surface area contributed by atoms with Gasteiger partial charge in [-0.1, -0.05) is 0 Å². The number of amides is 2. The van der Waals surface area contributed by atoms with E-state index < -0.39 is 43.8 Å². The van der Waals surface area contributed by atoms with E-state index >= 15 is 0 Å². The number of nitrogens with one attached hydrogen (secondary N) is 2. The van der Waals surface area contributed by atoms with Gasteiger partial charge < -0.3 is 15.7 Å². The molecule has 0 bridgehead atoms. The van der Waals surface area contributed by atoms with Crippen LogP contribution in [0.15, 0.2) is 0 Å². The Bertz CT molecular complexity index is 583. The van der Waals surface area contributed by atoms with Crippen molar-refractivity contribution in [3.63, 3.8) is 0 Å². The van der Waals surface area contributed by atoms with E-state index in [1.165, 1.54) is 6.92 Å². The highest BCUT2D eigenvalue weighted by Gasteiger charge is 2.22. The number of aliphatic carboxylic acids is 1. The fourth-order valence-electron chi connectivity index (χ4n) is 1.51. The van der Waals surface area contributed by atoms with Crippen molar-refractivity contribution in [2.75, 3.05) is 24.0 Å². The third-order valence-corrected chi connectivity index (χ3v) is 4.39. The van der Waals surface area contributed by atoms with Gasteiger partial charge in [0, 0.05) is 18.6 Å². The minimum atomic E-state index is -3.35. The molecule has 124 valence electrons. The Hall–Kier alpha value is -1.36. The Morgan fingerprint density at radius 2 is 1.57 bits per heavy atom. The Balaban J connectivity index is 4.52. The van der Waals surface area contributed by atoms with E-state index in [0.29, 0.717) is 0 Å². The second-order valence-corrected chi connectivity index (χ2v) is 9.37. The molecule has 2 unspecified atom stereocenters. The van der Waals surface area contributed by atoms with Crippen LogP contribution in [0.3, 0.4) is 0 Å². The number of carboxylic acids is 1. The molecule has 0 aromatic carbocycles. The molecule has 0 heterocycles. The molecule has 21 heavy (non-hydrogen) atoms. The monoisotopic (exact) mass is 344 g/mol. The molecule has 0 aliphatic carbocycles. The molecule has 0 aliphatic heterocycles. The maximum absolute atomic E-state index is 11.5. The molecule has 0 aromatic heterocycles. The lowest BCUT2D eigenvalue weighted by Crippen LogP contribution is -2.50. The van der Waals surface area contributed by atoms with Gasteiger partial charge in [0.05, 0.1) is 11.5 Å². The third kappa shape index (κ3) is 11.0. The van der Waals surface area contributed by atoms with E-state index in [-0.39, 0.29) is 17.9 Å². The molecule has 2 atom stereocenters. The quantitative estimate of drug-likeness (QED) is 0.491. The van der Waals surface area contributed by atoms with Crippen molar-refractivity contribution in [2.45, 2.75) is 25.4 Å². The molecule has 0 aromatic rings. The predicted octanol–water partition coefficient (Wildman–Crippen LogP) is -1.39. The molecule has 0 saturated heterocycles. The number of rotatable bonds is 8. The molecule has 0 spiro atoms. The van der Waals surface area contributed by atoms with E-state index in [1.54, 1.807) is 0 Å². The maximum atomic E-state index is 11.5. The van der Waals surface area contributed by atoms with Crippen LogP contribution in [0.4, 0.5) is 4.79 Å². The van der Waals surface area contributed by atoms with E-state index in [9.17, 15) is 26.4 Å². The van der Waals surface area contributed by atoms with Crippen molar-refractivity contribution in [3.05, 3.63) is 0 Å². The number of carbonyl (C=O) groups is 2. The van der Waals surface area contributed by atoms with Crippen LogP contribution in [-0.4, -0.2) is 70.0 Å². The van der Waals surface area contributed by atoms with Gasteiger partial charge in [0.2, 0.25) is 0 Å². The van der Waals surface area contributed by atoms with Crippen LogP contribution < -0.4 is 10.6 Å². The molecule has 2 amide bonds. The van der Waals surface area contributed by atoms with Crippen molar-refractivity contribution < 1.29 is 31.5 Å². The summed E-state index contributed by atoms with van der Waals surface area (Å²) < 4.78 is 44.0. The van der Waals surface area contributed by atoms with Gasteiger partial charge in [0.25, 0.3) is 0 Å². The summed E-state index contributed by atoms with van der Waals surface area (Å²) in [5.41, 5.74) is 0. The van der Waals surface area contributed by atoms with Crippen molar-refractivity contribution in [3.8, 4) is 0 Å². The lowest BCUT2D eigenvalue weighted by atomic mass is 10.2. The highest BCUT2D eigenvalue weighted by atomic mass is 32.2. The highest BCUT2D eigenvalue weighted by molar-refractivity contribution is 7.90. The van der Waals surface area contributed by atoms with Gasteiger partial charge >= 0.3 is 12.0 Å². The molecular formula is C10H20N2O7S2. The van der Waals surface area contributed by atoms with E-state index in [0.717, 1.165) is 12.5 Å². The largest absolute Gasteiger partial charge is 0.480 e. The predicted molar refractivity (Wildman–Crippen MR) is 76.6 cm³/mol. The number of urea groups is 1. The Morgan fingerprint density at radius 1 is 1.05 bits per heavy atom. The highest BCUT2D eigenvalue weighted by Crippen LogP contribution is 1.98. The second kappa shape index (κ2) is 7.59. The van der Waals surface area contributed by atoms with Crippen molar-refractivity contribution in [2.24, 2.45) is 0 Å². The molecule has 0 rings (SSSR count). The van der Waals surface area contributed by atoms with Crippen LogP contribution in [0, 0.1) is 0 Å². The number of carbonyl (C=O) groups excluding carboxylic acids is 1. The molecule has 0 aliphatic rings. The van der Waals surface area contributed by atoms with Gasteiger partial charge in [-0.05, 0) is 13.3 Å². The van der Waals surface area contributed by atoms with Crippen molar-refractivity contribution in [1.29, 1.82) is 0 Å². The first-order valence-corrected chi connectivity index (χ1v) is 10.1. The van der Waals surface area contributed by atoms with Crippen molar-refractivity contribution >= 4 is 31.7 Å². The molecule has 0 fully saturated rings. The van der Waals surface area contributed by atoms with Crippen LogP contribution in [0.1, 0.15) is 13.3 Å². The summed E-state index contributed by atoms with van der Waals surface area (Å²) in [5.74, 6) is -2.05. The first-order valence-electron chi connectivity index (χ1n) is 5.95. The zero-order valence-electron chi connectivity index (χ0n) is 12.0. The third-order valence-electron chi connectivity index (χ3n) is 2.31. The van der Waals surface area contributed by atoms with Crippen LogP contribution in [0.25, 0.3) is 0 Å². The summed E-state index contributed by atoms with van der Waals surface area (Å²) in [6, 6.07) is -2.94. The number of sulfone groups is 2. The molecule has 11 heteroatoms. The van der Waals surface area contributed by atoms with Crippen LogP contribution in [0.5, 0.6) is 0 Å². The minimum absolute atomic E-state index is 0.276. The van der Waals surface area contributed by atoms with Crippen LogP contribution in [0.2, 0.25) is 0 Å². The summed E-state index contributed by atoms with van der Waals surface area (Å²) in [6.45, 7) is 1.45. The zero-order valence-corrected chi connectivity index (χ0v) is 13.6. The first kappa shape index (κ1) is 19.6. The van der Waals surface area contributed by atoms with Gasteiger partial charge in [-0.3, -0.25) is 0 Å².